The zero-order chi connectivity index (χ0) is 14.7. The van der Waals surface area contributed by atoms with Crippen LogP contribution >= 0.6 is 11.3 Å². The van der Waals surface area contributed by atoms with Crippen LogP contribution in [-0.4, -0.2) is 68.9 Å². The van der Waals surface area contributed by atoms with Gasteiger partial charge in [-0.1, -0.05) is 0 Å². The summed E-state index contributed by atoms with van der Waals surface area (Å²) >= 11 is 1.55. The fraction of sp³-hybridized carbons (Fsp3) is 0.714. The molecule has 0 aromatic carbocycles. The summed E-state index contributed by atoms with van der Waals surface area (Å²) in [7, 11) is 1.71. The van der Waals surface area contributed by atoms with Gasteiger partial charge in [-0.05, 0) is 12.8 Å². The first-order valence-electron chi connectivity index (χ1n) is 7.40. The molecular weight excluding hydrogens is 290 g/mol. The molecule has 2 aliphatic rings. The van der Waals surface area contributed by atoms with Crippen molar-refractivity contribution >= 4 is 23.1 Å². The normalized spacial score (nSPS) is 18.7. The van der Waals surface area contributed by atoms with E-state index in [1.807, 2.05) is 4.90 Å². The quantitative estimate of drug-likeness (QED) is 0.831. The number of nitrogens with zero attached hydrogens (tertiary/aromatic N) is 3. The van der Waals surface area contributed by atoms with Crippen LogP contribution in [0.4, 0.5) is 5.82 Å². The fourth-order valence-corrected chi connectivity index (χ4v) is 3.80. The Bertz CT molecular complexity index is 500. The number of amides is 1. The first-order chi connectivity index (χ1) is 10.3. The van der Waals surface area contributed by atoms with Crippen molar-refractivity contribution in [3.05, 3.63) is 9.88 Å². The lowest BCUT2D eigenvalue weighted by Crippen LogP contribution is -2.40. The van der Waals surface area contributed by atoms with E-state index in [1.165, 1.54) is 4.88 Å². The van der Waals surface area contributed by atoms with Crippen LogP contribution in [0.2, 0.25) is 0 Å². The molecule has 2 aliphatic heterocycles. The van der Waals surface area contributed by atoms with Crippen molar-refractivity contribution in [1.82, 2.24) is 9.88 Å². The predicted octanol–water partition coefficient (Wildman–Crippen LogP) is 1.01. The maximum Gasteiger partial charge on any atom is 0.283 e. The van der Waals surface area contributed by atoms with Crippen molar-refractivity contribution in [2.45, 2.75) is 12.8 Å². The van der Waals surface area contributed by atoms with Crippen LogP contribution in [0.25, 0.3) is 0 Å². The van der Waals surface area contributed by atoms with E-state index in [0.717, 1.165) is 31.7 Å². The van der Waals surface area contributed by atoms with E-state index < -0.39 is 0 Å². The zero-order valence-corrected chi connectivity index (χ0v) is 13.2. The Balaban J connectivity index is 1.75. The van der Waals surface area contributed by atoms with Gasteiger partial charge in [0.2, 0.25) is 0 Å². The maximum absolute atomic E-state index is 12.5. The maximum atomic E-state index is 12.5. The van der Waals surface area contributed by atoms with Crippen LogP contribution < -0.4 is 4.90 Å². The molecular formula is C14H21N3O3S. The lowest BCUT2D eigenvalue weighted by atomic mass is 10.2. The highest BCUT2D eigenvalue weighted by Crippen LogP contribution is 2.32. The molecule has 1 aromatic rings. The molecule has 1 saturated heterocycles. The molecule has 0 N–H and O–H groups in total. The van der Waals surface area contributed by atoms with Gasteiger partial charge >= 0.3 is 0 Å². The minimum Gasteiger partial charge on any atom is -0.383 e. The van der Waals surface area contributed by atoms with Crippen LogP contribution in [0.3, 0.4) is 0 Å². The van der Waals surface area contributed by atoms with Gasteiger partial charge in [0.1, 0.15) is 5.82 Å². The van der Waals surface area contributed by atoms with Gasteiger partial charge in [0, 0.05) is 38.2 Å². The van der Waals surface area contributed by atoms with E-state index in [1.54, 1.807) is 18.4 Å². The van der Waals surface area contributed by atoms with E-state index in [-0.39, 0.29) is 5.91 Å². The van der Waals surface area contributed by atoms with E-state index in [2.05, 4.69) is 9.88 Å². The highest BCUT2D eigenvalue weighted by molar-refractivity contribution is 7.14. The van der Waals surface area contributed by atoms with Crippen LogP contribution in [0, 0.1) is 0 Å². The third-order valence-corrected chi connectivity index (χ3v) is 4.95. The van der Waals surface area contributed by atoms with Gasteiger partial charge < -0.3 is 19.3 Å². The lowest BCUT2D eigenvalue weighted by molar-refractivity contribution is 0.0302. The number of morpholine rings is 1. The molecule has 0 spiro atoms. The van der Waals surface area contributed by atoms with Crippen molar-refractivity contribution in [1.29, 1.82) is 0 Å². The van der Waals surface area contributed by atoms with Crippen LogP contribution in [0.5, 0.6) is 0 Å². The van der Waals surface area contributed by atoms with Gasteiger partial charge in [0.25, 0.3) is 5.91 Å². The first kappa shape index (κ1) is 14.7. The first-order valence-corrected chi connectivity index (χ1v) is 8.22. The average molecular weight is 311 g/mol. The summed E-state index contributed by atoms with van der Waals surface area (Å²) in [6, 6.07) is 0. The number of hydrogen-bond donors (Lipinski definition) is 0. The third kappa shape index (κ3) is 3.20. The van der Waals surface area contributed by atoms with Gasteiger partial charge in [-0.15, -0.1) is 11.3 Å². The molecule has 1 aromatic heterocycles. The highest BCUT2D eigenvalue weighted by atomic mass is 32.1. The predicted molar refractivity (Wildman–Crippen MR) is 81.2 cm³/mol. The van der Waals surface area contributed by atoms with E-state index in [0.29, 0.717) is 37.9 Å². The Hall–Kier alpha value is -1.18. The summed E-state index contributed by atoms with van der Waals surface area (Å²) in [5.41, 5.74) is 0. The Labute approximate surface area is 128 Å². The lowest BCUT2D eigenvalue weighted by Gasteiger charge is -2.27. The Morgan fingerprint density at radius 3 is 2.95 bits per heavy atom. The molecule has 21 heavy (non-hydrogen) atoms. The second kappa shape index (κ2) is 6.72. The van der Waals surface area contributed by atoms with Crippen LogP contribution in [0.15, 0.2) is 0 Å². The molecule has 7 heteroatoms. The number of aryl methyl sites for hydroxylation is 1. The standard InChI is InChI=1S/C14H21N3O3S/c1-19-8-5-16-4-2-3-11-12(16)15-13(21-11)14(18)17-6-9-20-10-7-17/h2-10H2,1H3. The van der Waals surface area contributed by atoms with Crippen LogP contribution in [-0.2, 0) is 15.9 Å². The molecule has 1 amide bonds. The number of methoxy groups -OCH3 is 1. The minimum atomic E-state index is 0.0457. The number of fused-ring (bicyclic) bond motifs is 1. The summed E-state index contributed by atoms with van der Waals surface area (Å²) in [4.78, 5) is 22.4. The van der Waals surface area contributed by atoms with Gasteiger partial charge in [0.05, 0.1) is 19.8 Å². The highest BCUT2D eigenvalue weighted by Gasteiger charge is 2.27. The van der Waals surface area contributed by atoms with Crippen molar-refractivity contribution in [3.63, 3.8) is 0 Å². The third-order valence-electron chi connectivity index (χ3n) is 3.85. The second-order valence-corrected chi connectivity index (χ2v) is 6.34. The van der Waals surface area contributed by atoms with E-state index >= 15 is 0 Å². The molecule has 0 aliphatic carbocycles. The summed E-state index contributed by atoms with van der Waals surface area (Å²) in [5.74, 6) is 1.03. The molecule has 0 atom stereocenters. The molecule has 0 radical (unpaired) electrons. The number of rotatable bonds is 4. The SMILES string of the molecule is COCCN1CCCc2sc(C(=O)N3CCOCC3)nc21. The summed E-state index contributed by atoms with van der Waals surface area (Å²) in [6.07, 6.45) is 2.14. The molecule has 1 fully saturated rings. The summed E-state index contributed by atoms with van der Waals surface area (Å²) in [6.45, 7) is 5.08. The summed E-state index contributed by atoms with van der Waals surface area (Å²) in [5, 5.41) is 0.617. The Morgan fingerprint density at radius 2 is 2.19 bits per heavy atom. The van der Waals surface area contributed by atoms with E-state index in [9.17, 15) is 4.79 Å². The van der Waals surface area contributed by atoms with Gasteiger partial charge in [-0.3, -0.25) is 4.79 Å². The van der Waals surface area contributed by atoms with Crippen molar-refractivity contribution in [3.8, 4) is 0 Å². The molecule has 3 heterocycles. The second-order valence-electron chi connectivity index (χ2n) is 5.25. The molecule has 6 nitrogen and oxygen atoms in total. The summed E-state index contributed by atoms with van der Waals surface area (Å²) < 4.78 is 10.4. The molecule has 0 saturated carbocycles. The fourth-order valence-electron chi connectivity index (χ4n) is 2.70. The number of hydrogen-bond acceptors (Lipinski definition) is 6. The van der Waals surface area contributed by atoms with Crippen molar-refractivity contribution < 1.29 is 14.3 Å². The number of carbonyl (C=O) groups excluding carboxylic acids is 1. The van der Waals surface area contributed by atoms with Gasteiger partial charge in [0.15, 0.2) is 5.01 Å². The Kier molecular flexibility index (Phi) is 4.72. The molecule has 116 valence electrons. The minimum absolute atomic E-state index is 0.0457. The molecule has 3 rings (SSSR count). The van der Waals surface area contributed by atoms with Crippen molar-refractivity contribution in [2.75, 3.05) is 58.0 Å². The number of anilines is 1. The Morgan fingerprint density at radius 1 is 1.38 bits per heavy atom. The monoisotopic (exact) mass is 311 g/mol. The number of carbonyl (C=O) groups is 1. The molecule has 0 unspecified atom stereocenters. The van der Waals surface area contributed by atoms with Crippen LogP contribution in [0.1, 0.15) is 21.1 Å². The van der Waals surface area contributed by atoms with Gasteiger partial charge in [-0.2, -0.15) is 0 Å². The van der Waals surface area contributed by atoms with Gasteiger partial charge in [-0.25, -0.2) is 4.98 Å². The van der Waals surface area contributed by atoms with Crippen molar-refractivity contribution in [2.24, 2.45) is 0 Å². The van der Waals surface area contributed by atoms with E-state index in [4.69, 9.17) is 9.47 Å². The number of aromatic nitrogens is 1. The molecule has 0 bridgehead atoms. The zero-order valence-electron chi connectivity index (χ0n) is 12.3. The topological polar surface area (TPSA) is 54.9 Å². The number of thiazole rings is 1. The average Bonchev–Trinajstić information content (AvgIpc) is 2.97. The largest absolute Gasteiger partial charge is 0.383 e. The number of ether oxygens (including phenoxy) is 2. The smallest absolute Gasteiger partial charge is 0.283 e.